The number of piperazine rings is 1. The maximum atomic E-state index is 13.4. The Balaban J connectivity index is 1.05. The Hall–Kier alpha value is -6.21. The largest absolute Gasteiger partial charge is 0.507 e. The zero-order valence-corrected chi connectivity index (χ0v) is 30.8. The summed E-state index contributed by atoms with van der Waals surface area (Å²) < 4.78 is 12.5. The van der Waals surface area contributed by atoms with Crippen LogP contribution in [0.2, 0.25) is 0 Å². The summed E-state index contributed by atoms with van der Waals surface area (Å²) in [5.74, 6) is 1.05. The average molecular weight is 716 g/mol. The van der Waals surface area contributed by atoms with Crippen molar-refractivity contribution in [2.24, 2.45) is 0 Å². The number of carbonyl (C=O) groups is 1. The molecule has 0 radical (unpaired) electrons. The number of phenols is 1. The van der Waals surface area contributed by atoms with Gasteiger partial charge in [0.1, 0.15) is 17.2 Å². The van der Waals surface area contributed by atoms with Crippen molar-refractivity contribution in [3.8, 4) is 17.2 Å². The quantitative estimate of drug-likeness (QED) is 0.147. The molecular weight excluding hydrogens is 671 g/mol. The summed E-state index contributed by atoms with van der Waals surface area (Å²) in [4.78, 5) is 18.3. The molecule has 6 aromatic rings. The molecule has 1 unspecified atom stereocenters. The predicted molar refractivity (Wildman–Crippen MR) is 219 cm³/mol. The van der Waals surface area contributed by atoms with Crippen molar-refractivity contribution in [2.45, 2.75) is 31.8 Å². The molecule has 2 aliphatic heterocycles. The lowest BCUT2D eigenvalue weighted by Gasteiger charge is -2.38. The number of methoxy groups -OCH3 is 1. The second-order valence-corrected chi connectivity index (χ2v) is 14.1. The molecule has 1 atom stereocenters. The summed E-state index contributed by atoms with van der Waals surface area (Å²) in [6, 6.07) is 42.5. The number of nitrogens with zero attached hydrogens (tertiary/aromatic N) is 2. The number of ether oxygens (including phenoxy) is 2. The van der Waals surface area contributed by atoms with Gasteiger partial charge in [0, 0.05) is 65.3 Å². The van der Waals surface area contributed by atoms with E-state index in [9.17, 15) is 9.90 Å². The average Bonchev–Trinajstić information content (AvgIpc) is 3.23. The van der Waals surface area contributed by atoms with Gasteiger partial charge in [0.15, 0.2) is 5.60 Å². The van der Waals surface area contributed by atoms with Gasteiger partial charge >= 0.3 is 0 Å². The molecular formula is C47H45N3O4. The fraction of sp³-hybridized carbons (Fsp3) is 0.213. The number of nitrogens with one attached hydrogen (secondary N) is 1. The molecule has 0 aliphatic carbocycles. The Morgan fingerprint density at radius 2 is 1.44 bits per heavy atom. The lowest BCUT2D eigenvalue weighted by molar-refractivity contribution is 0.102. The number of amides is 1. The van der Waals surface area contributed by atoms with E-state index in [1.165, 1.54) is 16.9 Å². The van der Waals surface area contributed by atoms with E-state index >= 15 is 0 Å². The Bertz CT molecular complexity index is 2280. The summed E-state index contributed by atoms with van der Waals surface area (Å²) >= 11 is 0. The van der Waals surface area contributed by atoms with Crippen LogP contribution in [0.5, 0.6) is 17.2 Å². The van der Waals surface area contributed by atoms with Crippen molar-refractivity contribution in [3.63, 3.8) is 0 Å². The molecule has 0 bridgehead atoms. The van der Waals surface area contributed by atoms with Crippen molar-refractivity contribution >= 4 is 39.8 Å². The van der Waals surface area contributed by atoms with Crippen LogP contribution < -0.4 is 24.6 Å². The summed E-state index contributed by atoms with van der Waals surface area (Å²) in [5, 5.41) is 15.8. The minimum Gasteiger partial charge on any atom is -0.507 e. The summed E-state index contributed by atoms with van der Waals surface area (Å²) in [7, 11) is 1.69. The summed E-state index contributed by atoms with van der Waals surface area (Å²) in [5.41, 5.74) is 6.49. The lowest BCUT2D eigenvalue weighted by Crippen LogP contribution is -2.46. The summed E-state index contributed by atoms with van der Waals surface area (Å²) in [6.07, 6.45) is 7.49. The van der Waals surface area contributed by atoms with E-state index in [0.29, 0.717) is 11.4 Å². The topological polar surface area (TPSA) is 74.3 Å². The third-order valence-corrected chi connectivity index (χ3v) is 10.7. The van der Waals surface area contributed by atoms with Crippen molar-refractivity contribution in [1.82, 2.24) is 0 Å². The van der Waals surface area contributed by atoms with Crippen molar-refractivity contribution in [1.29, 1.82) is 0 Å². The molecule has 0 saturated carbocycles. The van der Waals surface area contributed by atoms with Gasteiger partial charge in [-0.15, -0.1) is 0 Å². The second-order valence-electron chi connectivity index (χ2n) is 14.1. The van der Waals surface area contributed by atoms with E-state index in [4.69, 9.17) is 9.47 Å². The van der Waals surface area contributed by atoms with Gasteiger partial charge in [-0.2, -0.15) is 0 Å². The molecule has 272 valence electrons. The van der Waals surface area contributed by atoms with Crippen LogP contribution in [0, 0.1) is 0 Å². The molecule has 1 amide bonds. The van der Waals surface area contributed by atoms with Crippen LogP contribution >= 0.6 is 0 Å². The number of hydrogen-bond acceptors (Lipinski definition) is 6. The standard InChI is InChI=1S/C47H45N3O4/c1-3-4-8-33-11-17-38(18-12-33)48-46(52)43-31-35-14-13-34-25-26-47(36-9-6-5-7-10-36,54-45(34)42(35)32-44(43)51)37-15-19-39(20-16-37)49-27-29-50(30-28-49)40-21-23-41(53-2)24-22-40/h5-7,9-26,31-32,51H,3-4,8,27-30H2,1-2H3,(H,48,52). The lowest BCUT2D eigenvalue weighted by atomic mass is 9.83. The highest BCUT2D eigenvalue weighted by Crippen LogP contribution is 2.46. The highest BCUT2D eigenvalue weighted by atomic mass is 16.5. The van der Waals surface area contributed by atoms with Gasteiger partial charge < -0.3 is 29.7 Å². The highest BCUT2D eigenvalue weighted by Gasteiger charge is 2.38. The number of benzene rings is 6. The molecule has 1 fully saturated rings. The van der Waals surface area contributed by atoms with E-state index in [1.54, 1.807) is 19.2 Å². The van der Waals surface area contributed by atoms with Crippen LogP contribution in [0.25, 0.3) is 16.8 Å². The Labute approximate surface area is 317 Å². The van der Waals surface area contributed by atoms with Gasteiger partial charge in [-0.1, -0.05) is 86.2 Å². The van der Waals surface area contributed by atoms with Gasteiger partial charge in [0.2, 0.25) is 0 Å². The van der Waals surface area contributed by atoms with Gasteiger partial charge in [-0.3, -0.25) is 4.79 Å². The van der Waals surface area contributed by atoms with E-state index in [0.717, 1.165) is 78.7 Å². The third-order valence-electron chi connectivity index (χ3n) is 10.7. The minimum absolute atomic E-state index is 0.104. The number of aryl methyl sites for hydroxylation is 1. The molecule has 8 rings (SSSR count). The zero-order valence-electron chi connectivity index (χ0n) is 30.8. The molecule has 1 saturated heterocycles. The SMILES string of the molecule is CCCCc1ccc(NC(=O)c2cc3ccc4c(c3cc2O)OC(c2ccccc2)(c2ccc(N3CCN(c5ccc(OC)cc5)CC3)cc2)C=C4)cc1. The Kier molecular flexibility index (Phi) is 9.70. The zero-order chi connectivity index (χ0) is 37.1. The van der Waals surface area contributed by atoms with E-state index in [1.807, 2.05) is 66.7 Å². The molecule has 54 heavy (non-hydrogen) atoms. The number of anilines is 3. The van der Waals surface area contributed by atoms with Crippen LogP contribution in [0.1, 0.15) is 52.4 Å². The summed E-state index contributed by atoms with van der Waals surface area (Å²) in [6.45, 7) is 5.87. The number of hydrogen-bond donors (Lipinski definition) is 2. The third kappa shape index (κ3) is 6.85. The van der Waals surface area contributed by atoms with Crippen LogP contribution in [-0.2, 0) is 12.0 Å². The number of phenolic OH excluding ortho intramolecular Hbond substituents is 1. The molecule has 2 heterocycles. The van der Waals surface area contributed by atoms with Crippen molar-refractivity contribution in [3.05, 3.63) is 161 Å². The number of rotatable bonds is 10. The van der Waals surface area contributed by atoms with E-state index in [2.05, 4.69) is 82.7 Å². The van der Waals surface area contributed by atoms with E-state index < -0.39 is 5.60 Å². The van der Waals surface area contributed by atoms with E-state index in [-0.39, 0.29) is 17.2 Å². The minimum atomic E-state index is -0.914. The molecule has 2 N–H and O–H groups in total. The molecule has 7 heteroatoms. The fourth-order valence-electron chi connectivity index (χ4n) is 7.61. The van der Waals surface area contributed by atoms with Crippen LogP contribution in [-0.4, -0.2) is 44.3 Å². The molecule has 2 aliphatic rings. The first-order chi connectivity index (χ1) is 26.4. The Morgan fingerprint density at radius 3 is 2.09 bits per heavy atom. The molecule has 7 nitrogen and oxygen atoms in total. The van der Waals surface area contributed by atoms with Gasteiger partial charge in [0.25, 0.3) is 5.91 Å². The van der Waals surface area contributed by atoms with Crippen LogP contribution in [0.3, 0.4) is 0 Å². The second kappa shape index (κ2) is 15.0. The number of fused-ring (bicyclic) bond motifs is 3. The van der Waals surface area contributed by atoms with Crippen LogP contribution in [0.4, 0.5) is 17.1 Å². The van der Waals surface area contributed by atoms with Gasteiger partial charge in [-0.05, 0) is 90.5 Å². The maximum Gasteiger partial charge on any atom is 0.259 e. The molecule has 6 aromatic carbocycles. The molecule has 0 spiro atoms. The first kappa shape index (κ1) is 34.9. The normalized spacial score (nSPS) is 16.5. The number of carbonyl (C=O) groups excluding carboxylic acids is 1. The van der Waals surface area contributed by atoms with Gasteiger partial charge in [0.05, 0.1) is 12.7 Å². The fourth-order valence-corrected chi connectivity index (χ4v) is 7.61. The number of unbranched alkanes of at least 4 members (excludes halogenated alkanes) is 1. The van der Waals surface area contributed by atoms with Crippen molar-refractivity contribution in [2.75, 3.05) is 48.4 Å². The smallest absolute Gasteiger partial charge is 0.259 e. The first-order valence-corrected chi connectivity index (χ1v) is 18.8. The predicted octanol–water partition coefficient (Wildman–Crippen LogP) is 9.82. The Morgan fingerprint density at radius 1 is 0.796 bits per heavy atom. The highest BCUT2D eigenvalue weighted by molar-refractivity contribution is 6.09. The monoisotopic (exact) mass is 715 g/mol. The maximum absolute atomic E-state index is 13.4. The molecule has 0 aromatic heterocycles. The first-order valence-electron chi connectivity index (χ1n) is 18.8. The van der Waals surface area contributed by atoms with Crippen LogP contribution in [0.15, 0.2) is 133 Å². The number of aromatic hydroxyl groups is 1. The van der Waals surface area contributed by atoms with Crippen molar-refractivity contribution < 1.29 is 19.4 Å². The van der Waals surface area contributed by atoms with Gasteiger partial charge in [-0.25, -0.2) is 0 Å².